The first-order chi connectivity index (χ1) is 13.4. The van der Waals surface area contributed by atoms with Crippen LogP contribution in [0.15, 0.2) is 34.7 Å². The number of furan rings is 1. The zero-order valence-corrected chi connectivity index (χ0v) is 16.8. The van der Waals surface area contributed by atoms with Crippen molar-refractivity contribution in [1.82, 2.24) is 10.6 Å². The molecular weight excluding hydrogens is 380 g/mol. The molecule has 0 aliphatic heterocycles. The number of aliphatic hydroxyl groups excluding tert-OH is 1. The van der Waals surface area contributed by atoms with Crippen LogP contribution in [0.4, 0.5) is 0 Å². The molecule has 2 amide bonds. The van der Waals surface area contributed by atoms with E-state index in [1.54, 1.807) is 6.07 Å². The van der Waals surface area contributed by atoms with Gasteiger partial charge in [0.2, 0.25) is 0 Å². The number of hydrogen-bond acceptors (Lipinski definition) is 4. The highest BCUT2D eigenvalue weighted by Crippen LogP contribution is 2.31. The third-order valence-corrected chi connectivity index (χ3v) is 5.47. The standard InChI is InChI=1S/C21H25ClN2O4/c1-12(13-4-3-5-14(22)10-13)19-17(11-18(28-19)21(27)23-2)20(26)24-15-6-8-16(25)9-7-15/h3-5,10-12,15-16,25H,6-9H2,1-2H3,(H,23,27)(H,24,26)/t12?,15-,16+. The van der Waals surface area contributed by atoms with Gasteiger partial charge in [0.15, 0.2) is 5.76 Å². The summed E-state index contributed by atoms with van der Waals surface area (Å²) in [4.78, 5) is 25.0. The predicted octanol–water partition coefficient (Wildman–Crippen LogP) is 3.48. The van der Waals surface area contributed by atoms with Gasteiger partial charge in [-0.1, -0.05) is 30.7 Å². The summed E-state index contributed by atoms with van der Waals surface area (Å²) < 4.78 is 5.79. The molecule has 28 heavy (non-hydrogen) atoms. The number of benzene rings is 1. The zero-order valence-electron chi connectivity index (χ0n) is 16.0. The van der Waals surface area contributed by atoms with Crippen LogP contribution in [0.25, 0.3) is 0 Å². The van der Waals surface area contributed by atoms with Crippen LogP contribution in [-0.4, -0.2) is 36.1 Å². The van der Waals surface area contributed by atoms with Crippen LogP contribution in [-0.2, 0) is 0 Å². The molecule has 1 atom stereocenters. The first kappa shape index (κ1) is 20.4. The maximum absolute atomic E-state index is 13.0. The summed E-state index contributed by atoms with van der Waals surface area (Å²) in [6, 6.07) is 8.83. The largest absolute Gasteiger partial charge is 0.454 e. The Hall–Kier alpha value is -2.31. The Morgan fingerprint density at radius 3 is 2.54 bits per heavy atom. The number of rotatable bonds is 5. The van der Waals surface area contributed by atoms with E-state index in [-0.39, 0.29) is 35.6 Å². The van der Waals surface area contributed by atoms with Gasteiger partial charge in [-0.25, -0.2) is 0 Å². The molecule has 1 aliphatic carbocycles. The monoisotopic (exact) mass is 404 g/mol. The molecule has 1 saturated carbocycles. The van der Waals surface area contributed by atoms with E-state index in [4.69, 9.17) is 16.0 Å². The number of carbonyl (C=O) groups is 2. The number of nitrogens with one attached hydrogen (secondary N) is 2. The van der Waals surface area contributed by atoms with Crippen LogP contribution in [0.2, 0.25) is 5.02 Å². The van der Waals surface area contributed by atoms with Crippen molar-refractivity contribution in [2.45, 2.75) is 50.7 Å². The summed E-state index contributed by atoms with van der Waals surface area (Å²) in [7, 11) is 1.51. The average molecular weight is 405 g/mol. The lowest BCUT2D eigenvalue weighted by Crippen LogP contribution is -2.38. The lowest BCUT2D eigenvalue weighted by Gasteiger charge is -2.26. The molecule has 0 spiro atoms. The van der Waals surface area contributed by atoms with Crippen LogP contribution in [0.3, 0.4) is 0 Å². The predicted molar refractivity (Wildman–Crippen MR) is 107 cm³/mol. The van der Waals surface area contributed by atoms with Crippen molar-refractivity contribution in [2.75, 3.05) is 7.05 Å². The van der Waals surface area contributed by atoms with Crippen molar-refractivity contribution in [3.05, 3.63) is 58.0 Å². The zero-order chi connectivity index (χ0) is 20.3. The molecule has 3 rings (SSSR count). The minimum Gasteiger partial charge on any atom is -0.454 e. The van der Waals surface area contributed by atoms with E-state index in [2.05, 4.69) is 10.6 Å². The Kier molecular flexibility index (Phi) is 6.42. The van der Waals surface area contributed by atoms with Gasteiger partial charge in [0.05, 0.1) is 11.7 Å². The molecule has 1 aliphatic rings. The Morgan fingerprint density at radius 1 is 1.18 bits per heavy atom. The minimum atomic E-state index is -0.389. The lowest BCUT2D eigenvalue weighted by molar-refractivity contribution is 0.0864. The number of aliphatic hydroxyl groups is 1. The number of halogens is 1. The number of hydrogen-bond donors (Lipinski definition) is 3. The quantitative estimate of drug-likeness (QED) is 0.711. The molecular formula is C21H25ClN2O4. The fourth-order valence-corrected chi connectivity index (χ4v) is 3.75. The highest BCUT2D eigenvalue weighted by molar-refractivity contribution is 6.30. The van der Waals surface area contributed by atoms with E-state index >= 15 is 0 Å². The van der Waals surface area contributed by atoms with Crippen LogP contribution in [0, 0.1) is 0 Å². The topological polar surface area (TPSA) is 91.6 Å². The molecule has 0 saturated heterocycles. The second-order valence-corrected chi connectivity index (χ2v) is 7.66. The van der Waals surface area contributed by atoms with Gasteiger partial charge in [-0.2, -0.15) is 0 Å². The maximum atomic E-state index is 13.0. The van der Waals surface area contributed by atoms with Crippen molar-refractivity contribution >= 4 is 23.4 Å². The fourth-order valence-electron chi connectivity index (χ4n) is 3.55. The highest BCUT2D eigenvalue weighted by Gasteiger charge is 2.28. The highest BCUT2D eigenvalue weighted by atomic mass is 35.5. The first-order valence-electron chi connectivity index (χ1n) is 9.49. The average Bonchev–Trinajstić information content (AvgIpc) is 3.14. The summed E-state index contributed by atoms with van der Waals surface area (Å²) in [5.41, 5.74) is 1.23. The van der Waals surface area contributed by atoms with Gasteiger partial charge in [-0.3, -0.25) is 9.59 Å². The van der Waals surface area contributed by atoms with Crippen LogP contribution in [0.1, 0.15) is 70.8 Å². The van der Waals surface area contributed by atoms with Gasteiger partial charge in [0.25, 0.3) is 11.8 Å². The Balaban J connectivity index is 1.89. The molecule has 1 aromatic carbocycles. The van der Waals surface area contributed by atoms with Crippen LogP contribution >= 0.6 is 11.6 Å². The molecule has 1 heterocycles. The van der Waals surface area contributed by atoms with Gasteiger partial charge < -0.3 is 20.2 Å². The maximum Gasteiger partial charge on any atom is 0.286 e. The van der Waals surface area contributed by atoms with E-state index in [0.29, 0.717) is 29.2 Å². The summed E-state index contributed by atoms with van der Waals surface area (Å²) in [6.45, 7) is 1.91. The Bertz CT molecular complexity index is 856. The van der Waals surface area contributed by atoms with Crippen molar-refractivity contribution in [2.24, 2.45) is 0 Å². The van der Waals surface area contributed by atoms with E-state index in [1.807, 2.05) is 25.1 Å². The summed E-state index contributed by atoms with van der Waals surface area (Å²) in [5.74, 6) is -0.403. The smallest absolute Gasteiger partial charge is 0.286 e. The summed E-state index contributed by atoms with van der Waals surface area (Å²) in [5, 5.41) is 15.8. The number of amides is 2. The normalized spacial score (nSPS) is 20.4. The van der Waals surface area contributed by atoms with Gasteiger partial charge >= 0.3 is 0 Å². The summed E-state index contributed by atoms with van der Waals surface area (Å²) in [6.07, 6.45) is 2.51. The van der Waals surface area contributed by atoms with Gasteiger partial charge in [0.1, 0.15) is 5.76 Å². The third kappa shape index (κ3) is 4.56. The van der Waals surface area contributed by atoms with Crippen molar-refractivity contribution < 1.29 is 19.1 Å². The molecule has 6 nitrogen and oxygen atoms in total. The van der Waals surface area contributed by atoms with Gasteiger partial charge in [-0.05, 0) is 43.4 Å². The fraction of sp³-hybridized carbons (Fsp3) is 0.429. The third-order valence-electron chi connectivity index (χ3n) is 5.23. The lowest BCUT2D eigenvalue weighted by atomic mass is 9.92. The Morgan fingerprint density at radius 2 is 1.89 bits per heavy atom. The second kappa shape index (κ2) is 8.80. The molecule has 3 N–H and O–H groups in total. The van der Waals surface area contributed by atoms with Crippen molar-refractivity contribution in [3.63, 3.8) is 0 Å². The van der Waals surface area contributed by atoms with Crippen LogP contribution < -0.4 is 10.6 Å². The Labute approximate surface area is 169 Å². The molecule has 7 heteroatoms. The molecule has 1 aromatic heterocycles. The molecule has 1 unspecified atom stereocenters. The summed E-state index contributed by atoms with van der Waals surface area (Å²) >= 11 is 6.10. The van der Waals surface area contributed by atoms with Crippen molar-refractivity contribution in [1.29, 1.82) is 0 Å². The molecule has 150 valence electrons. The molecule has 0 radical (unpaired) electrons. The SMILES string of the molecule is CNC(=O)c1cc(C(=O)N[C@H]2CC[C@@H](O)CC2)c(C(C)c2cccc(Cl)c2)o1. The van der Waals surface area contributed by atoms with Gasteiger partial charge in [-0.15, -0.1) is 0 Å². The molecule has 1 fully saturated rings. The first-order valence-corrected chi connectivity index (χ1v) is 9.87. The molecule has 0 bridgehead atoms. The van der Waals surface area contributed by atoms with E-state index in [1.165, 1.54) is 13.1 Å². The van der Waals surface area contributed by atoms with Crippen molar-refractivity contribution in [3.8, 4) is 0 Å². The second-order valence-electron chi connectivity index (χ2n) is 7.22. The van der Waals surface area contributed by atoms with Gasteiger partial charge in [0, 0.05) is 30.1 Å². The molecule has 2 aromatic rings. The van der Waals surface area contributed by atoms with E-state index < -0.39 is 0 Å². The number of carbonyl (C=O) groups excluding carboxylic acids is 2. The van der Waals surface area contributed by atoms with E-state index in [0.717, 1.165) is 18.4 Å². The minimum absolute atomic E-state index is 0.00331. The van der Waals surface area contributed by atoms with E-state index in [9.17, 15) is 14.7 Å². The van der Waals surface area contributed by atoms with Crippen LogP contribution in [0.5, 0.6) is 0 Å².